The lowest BCUT2D eigenvalue weighted by atomic mass is 9.95. The van der Waals surface area contributed by atoms with Crippen LogP contribution >= 0.6 is 27.5 Å². The van der Waals surface area contributed by atoms with Crippen LogP contribution in [-0.4, -0.2) is 16.7 Å². The predicted octanol–water partition coefficient (Wildman–Crippen LogP) is 3.89. The number of aromatic nitrogens is 1. The van der Waals surface area contributed by atoms with Crippen LogP contribution in [0.1, 0.15) is 11.3 Å². The Morgan fingerprint density at radius 1 is 1.21 bits per heavy atom. The molecule has 1 aromatic heterocycles. The zero-order valence-corrected chi connectivity index (χ0v) is 12.7. The van der Waals surface area contributed by atoms with Crippen molar-refractivity contribution in [1.29, 1.82) is 0 Å². The number of aliphatic hydroxyl groups is 1. The summed E-state index contributed by atoms with van der Waals surface area (Å²) in [6.45, 7) is 0.143. The first kappa shape index (κ1) is 14.5. The fourth-order valence-electron chi connectivity index (χ4n) is 2.02. The van der Waals surface area contributed by atoms with Crippen molar-refractivity contribution in [3.05, 3.63) is 63.3 Å². The Morgan fingerprint density at radius 3 is 2.68 bits per heavy atom. The van der Waals surface area contributed by atoms with Gasteiger partial charge in [-0.15, -0.1) is 0 Å². The van der Waals surface area contributed by atoms with E-state index in [0.717, 1.165) is 33.6 Å². The Bertz CT molecular complexity index is 530. The van der Waals surface area contributed by atoms with E-state index < -0.39 is 0 Å². The van der Waals surface area contributed by atoms with Gasteiger partial charge in [0.1, 0.15) is 0 Å². The van der Waals surface area contributed by atoms with E-state index in [-0.39, 0.29) is 12.5 Å². The van der Waals surface area contributed by atoms with Crippen LogP contribution in [0.15, 0.2) is 47.1 Å². The zero-order chi connectivity index (χ0) is 13.7. The number of hydrogen-bond acceptors (Lipinski definition) is 2. The third-order valence-corrected chi connectivity index (χ3v) is 3.66. The highest BCUT2D eigenvalue weighted by molar-refractivity contribution is 9.10. The Labute approximate surface area is 126 Å². The average molecular weight is 341 g/mol. The average Bonchev–Trinajstić information content (AvgIpc) is 2.40. The highest BCUT2D eigenvalue weighted by Gasteiger charge is 2.11. The fourth-order valence-corrected chi connectivity index (χ4v) is 2.47. The van der Waals surface area contributed by atoms with Crippen molar-refractivity contribution in [2.75, 3.05) is 6.61 Å². The summed E-state index contributed by atoms with van der Waals surface area (Å²) in [6, 6.07) is 11.7. The molecule has 1 heterocycles. The van der Waals surface area contributed by atoms with Gasteiger partial charge >= 0.3 is 0 Å². The van der Waals surface area contributed by atoms with Crippen molar-refractivity contribution in [1.82, 2.24) is 4.98 Å². The maximum atomic E-state index is 9.50. The minimum absolute atomic E-state index is 0.143. The molecule has 1 unspecified atom stereocenters. The van der Waals surface area contributed by atoms with Gasteiger partial charge in [0.05, 0.1) is 0 Å². The van der Waals surface area contributed by atoms with Crippen molar-refractivity contribution >= 4 is 27.5 Å². The Morgan fingerprint density at radius 2 is 2.05 bits per heavy atom. The molecule has 1 aromatic carbocycles. The molecule has 0 fully saturated rings. The minimum atomic E-state index is 0.143. The van der Waals surface area contributed by atoms with Crippen LogP contribution in [0.3, 0.4) is 0 Å². The molecule has 0 aliphatic carbocycles. The lowest BCUT2D eigenvalue weighted by Gasteiger charge is -2.14. The molecule has 4 heteroatoms. The van der Waals surface area contributed by atoms with Gasteiger partial charge in [-0.2, -0.15) is 0 Å². The van der Waals surface area contributed by atoms with Gasteiger partial charge in [-0.25, -0.2) is 0 Å². The van der Waals surface area contributed by atoms with Crippen LogP contribution in [0.25, 0.3) is 0 Å². The molecule has 0 amide bonds. The number of aliphatic hydroxyl groups excluding tert-OH is 1. The second kappa shape index (κ2) is 7.04. The molecule has 1 atom stereocenters. The first-order valence-electron chi connectivity index (χ1n) is 6.13. The normalized spacial score (nSPS) is 12.4. The van der Waals surface area contributed by atoms with E-state index in [2.05, 4.69) is 20.9 Å². The van der Waals surface area contributed by atoms with E-state index >= 15 is 0 Å². The number of nitrogens with zero attached hydrogens (tertiary/aromatic N) is 1. The standard InChI is InChI=1S/C15H15BrClNO/c16-13-4-5-15(18-9-13)8-12(10-19)6-11-2-1-3-14(17)7-11/h1-5,7,9,12,19H,6,8,10H2. The molecule has 2 rings (SSSR count). The lowest BCUT2D eigenvalue weighted by Crippen LogP contribution is -2.13. The SMILES string of the molecule is OCC(Cc1cccc(Cl)c1)Cc1ccc(Br)cn1. The lowest BCUT2D eigenvalue weighted by molar-refractivity contribution is 0.224. The highest BCUT2D eigenvalue weighted by Crippen LogP contribution is 2.17. The van der Waals surface area contributed by atoms with Crippen molar-refractivity contribution in [3.63, 3.8) is 0 Å². The summed E-state index contributed by atoms with van der Waals surface area (Å²) >= 11 is 9.33. The largest absolute Gasteiger partial charge is 0.396 e. The van der Waals surface area contributed by atoms with Crippen molar-refractivity contribution in [2.24, 2.45) is 5.92 Å². The van der Waals surface area contributed by atoms with E-state index in [1.54, 1.807) is 6.20 Å². The van der Waals surface area contributed by atoms with Crippen LogP contribution in [0.2, 0.25) is 5.02 Å². The van der Waals surface area contributed by atoms with Crippen LogP contribution in [0, 0.1) is 5.92 Å². The van der Waals surface area contributed by atoms with Crippen LogP contribution < -0.4 is 0 Å². The molecule has 2 nitrogen and oxygen atoms in total. The summed E-state index contributed by atoms with van der Waals surface area (Å²) in [5, 5.41) is 10.2. The summed E-state index contributed by atoms with van der Waals surface area (Å²) in [7, 11) is 0. The zero-order valence-electron chi connectivity index (χ0n) is 10.4. The molecule has 19 heavy (non-hydrogen) atoms. The number of rotatable bonds is 5. The monoisotopic (exact) mass is 339 g/mol. The molecular formula is C15H15BrClNO. The maximum Gasteiger partial charge on any atom is 0.0466 e. The maximum absolute atomic E-state index is 9.50. The topological polar surface area (TPSA) is 33.1 Å². The number of pyridine rings is 1. The molecule has 2 aromatic rings. The molecule has 100 valence electrons. The molecule has 0 saturated heterocycles. The Balaban J connectivity index is 2.02. The molecular weight excluding hydrogens is 326 g/mol. The quantitative estimate of drug-likeness (QED) is 0.895. The first-order valence-corrected chi connectivity index (χ1v) is 7.30. The van der Waals surface area contributed by atoms with Gasteiger partial charge in [0.15, 0.2) is 0 Å². The van der Waals surface area contributed by atoms with Crippen molar-refractivity contribution in [3.8, 4) is 0 Å². The fraction of sp³-hybridized carbons (Fsp3) is 0.267. The van der Waals surface area contributed by atoms with Gasteiger partial charge < -0.3 is 5.11 Å². The number of benzene rings is 1. The summed E-state index contributed by atoms with van der Waals surface area (Å²) in [5.41, 5.74) is 2.13. The van der Waals surface area contributed by atoms with E-state index in [9.17, 15) is 5.11 Å². The van der Waals surface area contributed by atoms with Gasteiger partial charge in [0, 0.05) is 28.0 Å². The Kier molecular flexibility index (Phi) is 5.37. The van der Waals surface area contributed by atoms with Gasteiger partial charge in [0.25, 0.3) is 0 Å². The third kappa shape index (κ3) is 4.60. The molecule has 0 spiro atoms. The summed E-state index contributed by atoms with van der Waals surface area (Å²) in [4.78, 5) is 4.34. The highest BCUT2D eigenvalue weighted by atomic mass is 79.9. The smallest absolute Gasteiger partial charge is 0.0466 e. The van der Waals surface area contributed by atoms with E-state index in [0.29, 0.717) is 0 Å². The molecule has 0 aliphatic rings. The predicted molar refractivity (Wildman–Crippen MR) is 81.4 cm³/mol. The third-order valence-electron chi connectivity index (χ3n) is 2.96. The summed E-state index contributed by atoms with van der Waals surface area (Å²) in [5.74, 6) is 0.159. The number of hydrogen-bond donors (Lipinski definition) is 1. The molecule has 0 radical (unpaired) electrons. The first-order chi connectivity index (χ1) is 9.17. The van der Waals surface area contributed by atoms with Crippen LogP contribution in [0.5, 0.6) is 0 Å². The van der Waals surface area contributed by atoms with E-state index in [1.807, 2.05) is 36.4 Å². The van der Waals surface area contributed by atoms with Gasteiger partial charge in [-0.3, -0.25) is 4.98 Å². The van der Waals surface area contributed by atoms with Crippen molar-refractivity contribution in [2.45, 2.75) is 12.8 Å². The molecule has 0 aliphatic heterocycles. The van der Waals surface area contributed by atoms with E-state index in [4.69, 9.17) is 11.6 Å². The van der Waals surface area contributed by atoms with Crippen LogP contribution in [-0.2, 0) is 12.8 Å². The minimum Gasteiger partial charge on any atom is -0.396 e. The molecule has 0 bridgehead atoms. The second-order valence-electron chi connectivity index (χ2n) is 4.55. The molecule has 0 saturated carbocycles. The Hall–Kier alpha value is -0.900. The van der Waals surface area contributed by atoms with Gasteiger partial charge in [-0.1, -0.05) is 23.7 Å². The second-order valence-corrected chi connectivity index (χ2v) is 5.91. The van der Waals surface area contributed by atoms with Gasteiger partial charge in [-0.05, 0) is 64.5 Å². The number of halogens is 2. The molecule has 1 N–H and O–H groups in total. The summed E-state index contributed by atoms with van der Waals surface area (Å²) < 4.78 is 0.964. The van der Waals surface area contributed by atoms with Crippen LogP contribution in [0.4, 0.5) is 0 Å². The summed E-state index contributed by atoms with van der Waals surface area (Å²) in [6.07, 6.45) is 3.34. The van der Waals surface area contributed by atoms with E-state index in [1.165, 1.54) is 0 Å². The van der Waals surface area contributed by atoms with Gasteiger partial charge in [0.2, 0.25) is 0 Å². The van der Waals surface area contributed by atoms with Crippen molar-refractivity contribution < 1.29 is 5.11 Å².